The van der Waals surface area contributed by atoms with E-state index in [1.807, 2.05) is 25.1 Å². The average Bonchev–Trinajstić information content (AvgIpc) is 2.69. The van der Waals surface area contributed by atoms with Gasteiger partial charge in [-0.1, -0.05) is 11.6 Å². The number of nitrogens with two attached hydrogens (primary N) is 1. The van der Waals surface area contributed by atoms with Gasteiger partial charge >= 0.3 is 11.7 Å². The van der Waals surface area contributed by atoms with Crippen molar-refractivity contribution in [2.24, 2.45) is 14.1 Å². The van der Waals surface area contributed by atoms with Crippen molar-refractivity contribution in [1.82, 2.24) is 14.1 Å². The van der Waals surface area contributed by atoms with Crippen LogP contribution in [0.4, 0.5) is 5.82 Å². The SMILES string of the molecule is Cc1ccc2nc(C)c(C(=O)OCC(=O)c3c(N)n(C)c(=O)n(C)c3=O)cc2c1. The number of ether oxygens (including phenoxy) is 1. The molecule has 0 radical (unpaired) electrons. The molecule has 0 saturated carbocycles. The van der Waals surface area contributed by atoms with E-state index in [2.05, 4.69) is 4.98 Å². The molecule has 2 aromatic heterocycles. The molecule has 29 heavy (non-hydrogen) atoms. The molecule has 0 amide bonds. The van der Waals surface area contributed by atoms with Crippen LogP contribution < -0.4 is 17.0 Å². The number of fused-ring (bicyclic) bond motifs is 1. The molecule has 3 aromatic rings. The number of hydrogen-bond acceptors (Lipinski definition) is 7. The van der Waals surface area contributed by atoms with Crippen LogP contribution in [0.2, 0.25) is 0 Å². The summed E-state index contributed by atoms with van der Waals surface area (Å²) in [5.74, 6) is -1.82. The second kappa shape index (κ2) is 7.34. The molecule has 0 unspecified atom stereocenters. The van der Waals surface area contributed by atoms with Crippen LogP contribution in [0.15, 0.2) is 33.9 Å². The molecular formula is C20H20N4O5. The molecule has 0 aliphatic carbocycles. The average molecular weight is 396 g/mol. The summed E-state index contributed by atoms with van der Waals surface area (Å²) in [7, 11) is 2.57. The highest BCUT2D eigenvalue weighted by molar-refractivity contribution is 6.02. The highest BCUT2D eigenvalue weighted by atomic mass is 16.5. The molecule has 9 nitrogen and oxygen atoms in total. The van der Waals surface area contributed by atoms with E-state index < -0.39 is 35.2 Å². The van der Waals surface area contributed by atoms with Gasteiger partial charge < -0.3 is 10.5 Å². The van der Waals surface area contributed by atoms with Gasteiger partial charge in [0.1, 0.15) is 11.4 Å². The Morgan fingerprint density at radius 3 is 2.48 bits per heavy atom. The summed E-state index contributed by atoms with van der Waals surface area (Å²) in [4.78, 5) is 53.5. The molecule has 9 heteroatoms. The van der Waals surface area contributed by atoms with Gasteiger partial charge in [0.05, 0.1) is 16.8 Å². The van der Waals surface area contributed by atoms with Crippen LogP contribution in [0.1, 0.15) is 32.0 Å². The fraction of sp³-hybridized carbons (Fsp3) is 0.250. The summed E-state index contributed by atoms with van der Waals surface area (Å²) in [5, 5.41) is 0.769. The minimum atomic E-state index is -0.842. The largest absolute Gasteiger partial charge is 0.454 e. The highest BCUT2D eigenvalue weighted by Crippen LogP contribution is 2.19. The molecule has 150 valence electrons. The lowest BCUT2D eigenvalue weighted by Crippen LogP contribution is -2.42. The van der Waals surface area contributed by atoms with E-state index in [-0.39, 0.29) is 11.4 Å². The van der Waals surface area contributed by atoms with E-state index in [4.69, 9.17) is 10.5 Å². The second-order valence-corrected chi connectivity index (χ2v) is 6.78. The predicted molar refractivity (Wildman–Crippen MR) is 107 cm³/mol. The van der Waals surface area contributed by atoms with E-state index in [0.717, 1.165) is 25.6 Å². The topological polar surface area (TPSA) is 126 Å². The van der Waals surface area contributed by atoms with Gasteiger partial charge in [0.25, 0.3) is 5.56 Å². The molecule has 0 aliphatic rings. The maximum atomic E-state index is 12.5. The molecule has 0 saturated heterocycles. The van der Waals surface area contributed by atoms with Gasteiger partial charge in [-0.2, -0.15) is 0 Å². The molecule has 3 rings (SSSR count). The fourth-order valence-electron chi connectivity index (χ4n) is 3.00. The molecule has 0 bridgehead atoms. The molecule has 1 aromatic carbocycles. The number of anilines is 1. The van der Waals surface area contributed by atoms with Gasteiger partial charge in [-0.05, 0) is 32.0 Å². The summed E-state index contributed by atoms with van der Waals surface area (Å²) in [6.07, 6.45) is 0. The number of carbonyl (C=O) groups excluding carboxylic acids is 2. The number of rotatable bonds is 4. The number of aryl methyl sites for hydroxylation is 2. The Kier molecular flexibility index (Phi) is 5.06. The van der Waals surface area contributed by atoms with Crippen LogP contribution in [0.3, 0.4) is 0 Å². The fourth-order valence-corrected chi connectivity index (χ4v) is 3.00. The van der Waals surface area contributed by atoms with Gasteiger partial charge in [-0.3, -0.25) is 23.7 Å². The maximum Gasteiger partial charge on any atom is 0.340 e. The first kappa shape index (κ1) is 20.0. The van der Waals surface area contributed by atoms with E-state index >= 15 is 0 Å². The van der Waals surface area contributed by atoms with Crippen LogP contribution in [0.5, 0.6) is 0 Å². The third-order valence-corrected chi connectivity index (χ3v) is 4.70. The van der Waals surface area contributed by atoms with Crippen LogP contribution in [-0.4, -0.2) is 32.5 Å². The lowest BCUT2D eigenvalue weighted by molar-refractivity contribution is 0.0473. The Labute approximate surface area is 165 Å². The minimum Gasteiger partial charge on any atom is -0.454 e. The van der Waals surface area contributed by atoms with Crippen molar-refractivity contribution in [3.8, 4) is 0 Å². The van der Waals surface area contributed by atoms with Gasteiger partial charge in [-0.15, -0.1) is 0 Å². The third-order valence-electron chi connectivity index (χ3n) is 4.70. The quantitative estimate of drug-likeness (QED) is 0.512. The Balaban J connectivity index is 1.88. The number of nitrogens with zero attached hydrogens (tertiary/aromatic N) is 3. The van der Waals surface area contributed by atoms with Crippen LogP contribution in [0, 0.1) is 13.8 Å². The Hall–Kier alpha value is -3.75. The first-order valence-electron chi connectivity index (χ1n) is 8.75. The van der Waals surface area contributed by atoms with E-state index in [1.165, 1.54) is 14.1 Å². The zero-order chi connectivity index (χ0) is 21.5. The molecule has 0 atom stereocenters. The standard InChI is InChI=1S/C20H20N4O5/c1-10-5-6-14-12(7-10)8-13(11(2)22-14)19(27)29-9-15(25)16-17(21)23(3)20(28)24(4)18(16)26/h5-8H,9,21H2,1-4H3. The van der Waals surface area contributed by atoms with Crippen LogP contribution in [0.25, 0.3) is 10.9 Å². The summed E-state index contributed by atoms with van der Waals surface area (Å²) in [6.45, 7) is 2.90. The number of aromatic nitrogens is 3. The van der Waals surface area contributed by atoms with Crippen LogP contribution in [-0.2, 0) is 18.8 Å². The number of benzene rings is 1. The van der Waals surface area contributed by atoms with Gasteiger partial charge in [-0.25, -0.2) is 9.59 Å². The lowest BCUT2D eigenvalue weighted by Gasteiger charge is -2.11. The van der Waals surface area contributed by atoms with Gasteiger partial charge in [0.15, 0.2) is 6.61 Å². The van der Waals surface area contributed by atoms with E-state index in [9.17, 15) is 19.2 Å². The Morgan fingerprint density at radius 1 is 1.10 bits per heavy atom. The number of Topliss-reactive ketones (excluding diaryl/α,β-unsaturated/α-hetero) is 1. The van der Waals surface area contributed by atoms with E-state index in [1.54, 1.807) is 13.0 Å². The normalized spacial score (nSPS) is 10.9. The van der Waals surface area contributed by atoms with Crippen molar-refractivity contribution in [3.63, 3.8) is 0 Å². The molecule has 0 aliphatic heterocycles. The van der Waals surface area contributed by atoms with Crippen molar-refractivity contribution >= 4 is 28.5 Å². The summed E-state index contributed by atoms with van der Waals surface area (Å²) in [6, 6.07) is 7.31. The molecule has 0 fully saturated rings. The van der Waals surface area contributed by atoms with Gasteiger partial charge in [0.2, 0.25) is 5.78 Å². The Bertz CT molecular complexity index is 1290. The number of hydrogen-bond donors (Lipinski definition) is 1. The van der Waals surface area contributed by atoms with Crippen molar-refractivity contribution in [2.45, 2.75) is 13.8 Å². The Morgan fingerprint density at radius 2 is 1.79 bits per heavy atom. The zero-order valence-corrected chi connectivity index (χ0v) is 16.5. The number of nitrogen functional groups attached to an aromatic ring is 1. The third kappa shape index (κ3) is 3.54. The lowest BCUT2D eigenvalue weighted by atomic mass is 10.1. The molecular weight excluding hydrogens is 376 g/mol. The highest BCUT2D eigenvalue weighted by Gasteiger charge is 2.22. The predicted octanol–water partition coefficient (Wildman–Crippen LogP) is 0.871. The van der Waals surface area contributed by atoms with Crippen molar-refractivity contribution in [1.29, 1.82) is 0 Å². The van der Waals surface area contributed by atoms with E-state index in [0.29, 0.717) is 5.69 Å². The van der Waals surface area contributed by atoms with Crippen LogP contribution >= 0.6 is 0 Å². The van der Waals surface area contributed by atoms with Crippen molar-refractivity contribution in [3.05, 3.63) is 67.5 Å². The van der Waals surface area contributed by atoms with Crippen molar-refractivity contribution in [2.75, 3.05) is 12.3 Å². The summed E-state index contributed by atoms with van der Waals surface area (Å²) < 4.78 is 6.86. The number of esters is 1. The number of carbonyl (C=O) groups is 2. The molecule has 2 N–H and O–H groups in total. The van der Waals surface area contributed by atoms with Gasteiger partial charge in [0, 0.05) is 19.5 Å². The first-order chi connectivity index (χ1) is 13.6. The number of ketones is 1. The first-order valence-corrected chi connectivity index (χ1v) is 8.75. The second-order valence-electron chi connectivity index (χ2n) is 6.78. The monoisotopic (exact) mass is 396 g/mol. The maximum absolute atomic E-state index is 12.5. The number of pyridine rings is 1. The summed E-state index contributed by atoms with van der Waals surface area (Å²) in [5.41, 5.74) is 6.28. The summed E-state index contributed by atoms with van der Waals surface area (Å²) >= 11 is 0. The zero-order valence-electron chi connectivity index (χ0n) is 16.5. The smallest absolute Gasteiger partial charge is 0.340 e. The molecule has 0 spiro atoms. The minimum absolute atomic E-state index is 0.220. The van der Waals surface area contributed by atoms with Crippen molar-refractivity contribution < 1.29 is 14.3 Å². The molecule has 2 heterocycles.